The van der Waals surface area contributed by atoms with Gasteiger partial charge in [0.1, 0.15) is 0 Å². The molecule has 0 aliphatic rings. The first-order valence-corrected chi connectivity index (χ1v) is 4.99. The van der Waals surface area contributed by atoms with Gasteiger partial charge in [-0.15, -0.1) is 11.3 Å². The van der Waals surface area contributed by atoms with Crippen LogP contribution in [0.4, 0.5) is 0 Å². The maximum Gasteiger partial charge on any atom is 0.169 e. The van der Waals surface area contributed by atoms with E-state index in [1.54, 1.807) is 18.3 Å². The summed E-state index contributed by atoms with van der Waals surface area (Å²) < 4.78 is 1.19. The van der Waals surface area contributed by atoms with Crippen LogP contribution in [0.15, 0.2) is 24.3 Å². The Morgan fingerprint density at radius 2 is 2.08 bits per heavy atom. The van der Waals surface area contributed by atoms with Crippen molar-refractivity contribution in [3.8, 4) is 0 Å². The summed E-state index contributed by atoms with van der Waals surface area (Å²) in [6.07, 6.45) is 0. The molecule has 1 nitrogen and oxygen atoms in total. The lowest BCUT2D eigenvalue weighted by molar-refractivity contribution is 0.102. The van der Waals surface area contributed by atoms with E-state index in [9.17, 15) is 4.79 Å². The number of Topliss-reactive ketones (excluding diaryl/α,β-unsaturated/α-hetero) is 1. The van der Waals surface area contributed by atoms with Gasteiger partial charge in [0.2, 0.25) is 0 Å². The fraction of sp³-hybridized carbons (Fsp3) is 0.182. The number of carbonyl (C=O) groups is 1. The van der Waals surface area contributed by atoms with Gasteiger partial charge >= 0.3 is 0 Å². The van der Waals surface area contributed by atoms with Crippen LogP contribution in [-0.4, -0.2) is 5.78 Å². The van der Waals surface area contributed by atoms with Crippen LogP contribution in [0.1, 0.15) is 22.2 Å². The van der Waals surface area contributed by atoms with Crippen molar-refractivity contribution in [1.82, 2.24) is 0 Å². The predicted molar refractivity (Wildman–Crippen MR) is 56.6 cm³/mol. The van der Waals surface area contributed by atoms with Gasteiger partial charge in [0.05, 0.1) is 4.88 Å². The predicted octanol–water partition coefficient (Wildman–Crippen LogP) is 3.41. The summed E-state index contributed by atoms with van der Waals surface area (Å²) in [6.45, 7) is 3.67. The fourth-order valence-corrected chi connectivity index (χ4v) is 2.27. The normalized spacial score (nSPS) is 10.6. The van der Waals surface area contributed by atoms with Crippen LogP contribution in [0.5, 0.6) is 0 Å². The van der Waals surface area contributed by atoms with Crippen molar-refractivity contribution in [3.05, 3.63) is 34.7 Å². The number of fused-ring (bicyclic) bond motifs is 1. The number of carbonyl (C=O) groups excluding carboxylic acids is 1. The Bertz CT molecular complexity index is 468. The Morgan fingerprint density at radius 1 is 1.31 bits per heavy atom. The molecule has 13 heavy (non-hydrogen) atoms. The van der Waals surface area contributed by atoms with Gasteiger partial charge in [-0.05, 0) is 31.4 Å². The Kier molecular flexibility index (Phi) is 1.93. The molecular weight excluding hydrogens is 180 g/mol. The Morgan fingerprint density at radius 3 is 2.77 bits per heavy atom. The number of benzene rings is 1. The summed E-state index contributed by atoms with van der Waals surface area (Å²) in [7, 11) is 0. The van der Waals surface area contributed by atoms with Gasteiger partial charge in [-0.25, -0.2) is 0 Å². The molecule has 2 heteroatoms. The SMILES string of the molecule is CC(=O)c1cc2cc(C)ccc2s1. The number of rotatable bonds is 1. The molecule has 1 heterocycles. The van der Waals surface area contributed by atoms with E-state index in [2.05, 4.69) is 25.1 Å². The smallest absolute Gasteiger partial charge is 0.169 e. The van der Waals surface area contributed by atoms with E-state index in [0.29, 0.717) is 0 Å². The van der Waals surface area contributed by atoms with Crippen molar-refractivity contribution in [2.75, 3.05) is 0 Å². The van der Waals surface area contributed by atoms with Crippen LogP contribution in [0, 0.1) is 6.92 Å². The lowest BCUT2D eigenvalue weighted by atomic mass is 10.2. The first-order chi connectivity index (χ1) is 6.16. The summed E-state index contributed by atoms with van der Waals surface area (Å²) >= 11 is 1.56. The third kappa shape index (κ3) is 1.49. The second kappa shape index (κ2) is 2.96. The minimum Gasteiger partial charge on any atom is -0.294 e. The van der Waals surface area contributed by atoms with Gasteiger partial charge < -0.3 is 0 Å². The molecule has 0 bridgehead atoms. The number of hydrogen-bond acceptors (Lipinski definition) is 2. The third-order valence-electron chi connectivity index (χ3n) is 2.02. The van der Waals surface area contributed by atoms with Crippen LogP contribution in [0.3, 0.4) is 0 Å². The molecule has 1 aromatic heterocycles. The zero-order chi connectivity index (χ0) is 9.42. The highest BCUT2D eigenvalue weighted by atomic mass is 32.1. The maximum atomic E-state index is 11.1. The van der Waals surface area contributed by atoms with E-state index in [-0.39, 0.29) is 5.78 Å². The molecule has 2 aromatic rings. The third-order valence-corrected chi connectivity index (χ3v) is 3.24. The molecule has 0 aliphatic heterocycles. The monoisotopic (exact) mass is 190 g/mol. The van der Waals surface area contributed by atoms with Crippen molar-refractivity contribution in [1.29, 1.82) is 0 Å². The first-order valence-electron chi connectivity index (χ1n) is 4.18. The molecular formula is C11H10OS. The molecule has 0 spiro atoms. The zero-order valence-corrected chi connectivity index (χ0v) is 8.44. The maximum absolute atomic E-state index is 11.1. The lowest BCUT2D eigenvalue weighted by Gasteiger charge is -1.89. The van der Waals surface area contributed by atoms with Crippen molar-refractivity contribution in [2.45, 2.75) is 13.8 Å². The molecule has 0 fully saturated rings. The molecule has 0 aliphatic carbocycles. The number of hydrogen-bond donors (Lipinski definition) is 0. The number of thiophene rings is 1. The van der Waals surface area contributed by atoms with E-state index in [4.69, 9.17) is 0 Å². The topological polar surface area (TPSA) is 17.1 Å². The number of aryl methyl sites for hydroxylation is 1. The Hall–Kier alpha value is -1.15. The lowest BCUT2D eigenvalue weighted by Crippen LogP contribution is -1.83. The van der Waals surface area contributed by atoms with Crippen molar-refractivity contribution in [3.63, 3.8) is 0 Å². The van der Waals surface area contributed by atoms with Crippen molar-refractivity contribution < 1.29 is 4.79 Å². The Balaban J connectivity index is 2.68. The number of ketones is 1. The Labute approximate surface area is 81.0 Å². The van der Waals surface area contributed by atoms with Crippen LogP contribution < -0.4 is 0 Å². The summed E-state index contributed by atoms with van der Waals surface area (Å²) in [6, 6.07) is 8.22. The van der Waals surface area contributed by atoms with Crippen LogP contribution >= 0.6 is 11.3 Å². The largest absolute Gasteiger partial charge is 0.294 e. The average molecular weight is 190 g/mol. The molecule has 0 N–H and O–H groups in total. The summed E-state index contributed by atoms with van der Waals surface area (Å²) in [5.74, 6) is 0.152. The van der Waals surface area contributed by atoms with Gasteiger partial charge in [0.25, 0.3) is 0 Å². The molecule has 0 unspecified atom stereocenters. The molecule has 1 aromatic carbocycles. The minimum atomic E-state index is 0.152. The van der Waals surface area contributed by atoms with Gasteiger partial charge in [0, 0.05) is 4.70 Å². The highest BCUT2D eigenvalue weighted by Gasteiger charge is 2.04. The molecule has 0 atom stereocenters. The van der Waals surface area contributed by atoms with E-state index in [0.717, 1.165) is 4.88 Å². The summed E-state index contributed by atoms with van der Waals surface area (Å²) in [4.78, 5) is 12.0. The average Bonchev–Trinajstić information content (AvgIpc) is 2.46. The highest BCUT2D eigenvalue weighted by Crippen LogP contribution is 2.26. The fourth-order valence-electron chi connectivity index (χ4n) is 1.34. The second-order valence-electron chi connectivity index (χ2n) is 3.21. The van der Waals surface area contributed by atoms with Crippen LogP contribution in [-0.2, 0) is 0 Å². The van der Waals surface area contributed by atoms with Crippen molar-refractivity contribution in [2.24, 2.45) is 0 Å². The van der Waals surface area contributed by atoms with E-state index in [1.807, 2.05) is 6.07 Å². The highest BCUT2D eigenvalue weighted by molar-refractivity contribution is 7.20. The molecule has 0 saturated carbocycles. The quantitative estimate of drug-likeness (QED) is 0.630. The van der Waals surface area contributed by atoms with Crippen molar-refractivity contribution >= 4 is 27.2 Å². The van der Waals surface area contributed by atoms with Gasteiger partial charge in [-0.2, -0.15) is 0 Å². The molecule has 66 valence electrons. The molecule has 0 saturated heterocycles. The molecule has 2 rings (SSSR count). The zero-order valence-electron chi connectivity index (χ0n) is 7.63. The van der Waals surface area contributed by atoms with Gasteiger partial charge in [-0.1, -0.05) is 17.7 Å². The van der Waals surface area contributed by atoms with Crippen LogP contribution in [0.25, 0.3) is 10.1 Å². The van der Waals surface area contributed by atoms with Gasteiger partial charge in [0.15, 0.2) is 5.78 Å². The second-order valence-corrected chi connectivity index (χ2v) is 4.29. The standard InChI is InChI=1S/C11H10OS/c1-7-3-4-10-9(5-7)6-11(13-10)8(2)12/h3-6H,1-2H3. The van der Waals surface area contributed by atoms with E-state index in [1.165, 1.54) is 15.6 Å². The van der Waals surface area contributed by atoms with Crippen LogP contribution in [0.2, 0.25) is 0 Å². The van der Waals surface area contributed by atoms with E-state index < -0.39 is 0 Å². The molecule has 0 radical (unpaired) electrons. The molecule has 0 amide bonds. The van der Waals surface area contributed by atoms with E-state index >= 15 is 0 Å². The summed E-state index contributed by atoms with van der Waals surface area (Å²) in [5, 5.41) is 1.18. The van der Waals surface area contributed by atoms with Gasteiger partial charge in [-0.3, -0.25) is 4.79 Å². The summed E-state index contributed by atoms with van der Waals surface area (Å²) in [5.41, 5.74) is 1.24. The minimum absolute atomic E-state index is 0.152. The first kappa shape index (κ1) is 8.45.